The topological polar surface area (TPSA) is 105 Å². The maximum Gasteiger partial charge on any atom is 0.290 e. The van der Waals surface area contributed by atoms with Gasteiger partial charge in [-0.15, -0.1) is 0 Å². The zero-order valence-corrected chi connectivity index (χ0v) is 18.1. The number of rotatable bonds is 3. The summed E-state index contributed by atoms with van der Waals surface area (Å²) in [7, 11) is 1.74. The van der Waals surface area contributed by atoms with Crippen molar-refractivity contribution in [3.63, 3.8) is 0 Å². The molecule has 0 unspecified atom stereocenters. The summed E-state index contributed by atoms with van der Waals surface area (Å²) >= 11 is 0. The van der Waals surface area contributed by atoms with E-state index >= 15 is 0 Å². The molecular formula is C25H23N5O3. The molecule has 0 bridgehead atoms. The summed E-state index contributed by atoms with van der Waals surface area (Å²) in [6.07, 6.45) is 8.74. The molecule has 0 spiro atoms. The molecule has 8 nitrogen and oxygen atoms in total. The number of hydrogen-bond acceptors (Lipinski definition) is 5. The molecule has 5 heterocycles. The zero-order valence-electron chi connectivity index (χ0n) is 18.1. The number of pyridine rings is 2. The first-order valence-electron chi connectivity index (χ1n) is 10.6. The van der Waals surface area contributed by atoms with Crippen molar-refractivity contribution in [3.8, 4) is 28.0 Å². The first-order chi connectivity index (χ1) is 16.2. The Bertz CT molecular complexity index is 1450. The smallest absolute Gasteiger partial charge is 0.290 e. The number of aromatic nitrogens is 4. The van der Waals surface area contributed by atoms with Crippen molar-refractivity contribution < 1.29 is 14.6 Å². The number of nitrogens with zero attached hydrogens (tertiary/aromatic N) is 3. The van der Waals surface area contributed by atoms with Crippen molar-refractivity contribution in [2.45, 2.75) is 13.0 Å². The molecule has 8 heteroatoms. The fraction of sp³-hybridized carbons (Fsp3) is 0.160. The van der Waals surface area contributed by atoms with Crippen LogP contribution in [0.1, 0.15) is 11.1 Å². The Morgan fingerprint density at radius 1 is 1.12 bits per heavy atom. The van der Waals surface area contributed by atoms with Gasteiger partial charge in [0.25, 0.3) is 6.47 Å². The second-order valence-corrected chi connectivity index (χ2v) is 7.76. The van der Waals surface area contributed by atoms with Gasteiger partial charge in [0.2, 0.25) is 0 Å². The van der Waals surface area contributed by atoms with Crippen molar-refractivity contribution in [2.24, 2.45) is 0 Å². The van der Waals surface area contributed by atoms with E-state index in [0.717, 1.165) is 64.1 Å². The van der Waals surface area contributed by atoms with E-state index in [1.54, 1.807) is 7.11 Å². The molecule has 5 aromatic rings. The second-order valence-electron chi connectivity index (χ2n) is 7.76. The highest BCUT2D eigenvalue weighted by Gasteiger charge is 2.18. The van der Waals surface area contributed by atoms with Crippen LogP contribution in [0.5, 0.6) is 5.75 Å². The lowest BCUT2D eigenvalue weighted by atomic mass is 9.94. The summed E-state index contributed by atoms with van der Waals surface area (Å²) in [5.74, 6) is 0.896. The lowest BCUT2D eigenvalue weighted by Crippen LogP contribution is -2.23. The van der Waals surface area contributed by atoms with E-state index in [-0.39, 0.29) is 6.47 Å². The van der Waals surface area contributed by atoms with Crippen LogP contribution in [0.25, 0.3) is 38.8 Å². The summed E-state index contributed by atoms with van der Waals surface area (Å²) in [6.45, 7) is 1.65. The van der Waals surface area contributed by atoms with Crippen LogP contribution in [0.3, 0.4) is 0 Å². The first-order valence-corrected chi connectivity index (χ1v) is 10.6. The molecular weight excluding hydrogens is 418 g/mol. The standard InChI is InChI=1S/C24H21N5O.CH2O2/c1-30-23-12-15-2-6-25-13-17(15)10-20(23)21-14-28-29-9-5-16(11-22(21)29)18-3-7-26-24-19(18)4-8-27-24;2-1-3/h3-5,7-12,14,25H,2,6,13H2,1H3,(H,26,27);1H,(H,2,3). The number of methoxy groups -OCH3 is 1. The van der Waals surface area contributed by atoms with Gasteiger partial charge in [-0.1, -0.05) is 0 Å². The van der Waals surface area contributed by atoms with E-state index in [0.29, 0.717) is 0 Å². The molecule has 0 saturated carbocycles. The van der Waals surface area contributed by atoms with E-state index in [1.165, 1.54) is 11.1 Å². The van der Waals surface area contributed by atoms with Gasteiger partial charge in [0.05, 0.1) is 18.8 Å². The summed E-state index contributed by atoms with van der Waals surface area (Å²) in [5.41, 5.74) is 9.07. The van der Waals surface area contributed by atoms with Gasteiger partial charge in [0, 0.05) is 41.6 Å². The van der Waals surface area contributed by atoms with Gasteiger partial charge in [-0.3, -0.25) is 4.79 Å². The van der Waals surface area contributed by atoms with Gasteiger partial charge < -0.3 is 20.1 Å². The average Bonchev–Trinajstić information content (AvgIpc) is 3.50. The monoisotopic (exact) mass is 441 g/mol. The fourth-order valence-corrected chi connectivity index (χ4v) is 4.46. The number of fused-ring (bicyclic) bond motifs is 3. The van der Waals surface area contributed by atoms with E-state index in [9.17, 15) is 0 Å². The van der Waals surface area contributed by atoms with E-state index in [4.69, 9.17) is 14.6 Å². The SMILES string of the molecule is COc1cc2c(cc1-c1cnn3ccc(-c4ccnc5[nH]ccc45)cc13)CNCC2.O=CO. The molecule has 0 radical (unpaired) electrons. The number of carboxylic acid groups (broad SMARTS) is 1. The zero-order chi connectivity index (χ0) is 22.8. The lowest BCUT2D eigenvalue weighted by Gasteiger charge is -2.20. The van der Waals surface area contributed by atoms with Gasteiger partial charge in [-0.2, -0.15) is 5.10 Å². The van der Waals surface area contributed by atoms with Crippen LogP contribution in [-0.4, -0.2) is 44.8 Å². The molecule has 0 aliphatic carbocycles. The molecule has 166 valence electrons. The Balaban J connectivity index is 0.000000724. The molecule has 0 atom stereocenters. The van der Waals surface area contributed by atoms with Crippen molar-refractivity contribution >= 4 is 23.0 Å². The van der Waals surface area contributed by atoms with Crippen LogP contribution in [0, 0.1) is 0 Å². The highest BCUT2D eigenvalue weighted by atomic mass is 16.5. The Labute approximate surface area is 189 Å². The maximum atomic E-state index is 8.36. The molecule has 1 aromatic carbocycles. The highest BCUT2D eigenvalue weighted by molar-refractivity contribution is 5.95. The largest absolute Gasteiger partial charge is 0.496 e. The van der Waals surface area contributed by atoms with Crippen molar-refractivity contribution in [3.05, 3.63) is 72.3 Å². The Hall–Kier alpha value is -4.17. The van der Waals surface area contributed by atoms with E-state index in [2.05, 4.69) is 56.8 Å². The number of nitrogens with one attached hydrogen (secondary N) is 2. The lowest BCUT2D eigenvalue weighted by molar-refractivity contribution is -0.122. The quantitative estimate of drug-likeness (QED) is 0.367. The number of benzene rings is 1. The minimum atomic E-state index is -0.250. The van der Waals surface area contributed by atoms with Crippen LogP contribution in [-0.2, 0) is 17.8 Å². The number of aromatic amines is 1. The van der Waals surface area contributed by atoms with Gasteiger partial charge >= 0.3 is 0 Å². The third-order valence-electron chi connectivity index (χ3n) is 5.99. The Kier molecular flexibility index (Phi) is 5.50. The van der Waals surface area contributed by atoms with E-state index < -0.39 is 0 Å². The number of hydrogen-bond donors (Lipinski definition) is 3. The molecule has 4 aromatic heterocycles. The predicted octanol–water partition coefficient (Wildman–Crippen LogP) is 3.90. The van der Waals surface area contributed by atoms with Crippen LogP contribution in [0.15, 0.2) is 61.2 Å². The molecule has 3 N–H and O–H groups in total. The van der Waals surface area contributed by atoms with Crippen LogP contribution in [0.2, 0.25) is 0 Å². The second kappa shape index (κ2) is 8.76. The first kappa shape index (κ1) is 20.7. The summed E-state index contributed by atoms with van der Waals surface area (Å²) < 4.78 is 7.70. The van der Waals surface area contributed by atoms with Gasteiger partial charge in [0.1, 0.15) is 11.4 Å². The number of carbonyl (C=O) groups is 1. The highest BCUT2D eigenvalue weighted by Crippen LogP contribution is 2.37. The third kappa shape index (κ3) is 3.70. The molecule has 33 heavy (non-hydrogen) atoms. The average molecular weight is 441 g/mol. The molecule has 0 fully saturated rings. The van der Waals surface area contributed by atoms with Crippen molar-refractivity contribution in [2.75, 3.05) is 13.7 Å². The van der Waals surface area contributed by atoms with Crippen molar-refractivity contribution in [1.29, 1.82) is 0 Å². The van der Waals surface area contributed by atoms with Gasteiger partial charge in [0.15, 0.2) is 0 Å². The number of H-pyrrole nitrogens is 1. The summed E-state index contributed by atoms with van der Waals surface area (Å²) in [4.78, 5) is 16.0. The Morgan fingerprint density at radius 3 is 2.85 bits per heavy atom. The van der Waals surface area contributed by atoms with Crippen LogP contribution in [0.4, 0.5) is 0 Å². The Morgan fingerprint density at radius 2 is 2.00 bits per heavy atom. The molecule has 0 amide bonds. The summed E-state index contributed by atoms with van der Waals surface area (Å²) in [5, 5.41) is 16.1. The minimum Gasteiger partial charge on any atom is -0.496 e. The third-order valence-corrected chi connectivity index (χ3v) is 5.99. The van der Waals surface area contributed by atoms with E-state index in [1.807, 2.05) is 29.3 Å². The minimum absolute atomic E-state index is 0.250. The molecule has 6 rings (SSSR count). The fourth-order valence-electron chi connectivity index (χ4n) is 4.46. The van der Waals surface area contributed by atoms with Gasteiger partial charge in [-0.05, 0) is 71.6 Å². The van der Waals surface area contributed by atoms with Crippen LogP contribution < -0.4 is 10.1 Å². The van der Waals surface area contributed by atoms with Gasteiger partial charge in [-0.25, -0.2) is 9.50 Å². The molecule has 1 aliphatic rings. The molecule has 0 saturated heterocycles. The van der Waals surface area contributed by atoms with Crippen molar-refractivity contribution in [1.82, 2.24) is 24.9 Å². The number of ether oxygens (including phenoxy) is 1. The normalized spacial score (nSPS) is 12.8. The predicted molar refractivity (Wildman–Crippen MR) is 126 cm³/mol. The molecule has 1 aliphatic heterocycles. The van der Waals surface area contributed by atoms with Crippen LogP contribution >= 0.6 is 0 Å². The maximum absolute atomic E-state index is 8.36. The summed E-state index contributed by atoms with van der Waals surface area (Å²) in [6, 6.07) is 12.9.